The van der Waals surface area contributed by atoms with Crippen LogP contribution in [0.15, 0.2) is 23.1 Å². The average Bonchev–Trinajstić information content (AvgIpc) is 2.73. The summed E-state index contributed by atoms with van der Waals surface area (Å²) in [4.78, 5) is 11.6. The van der Waals surface area contributed by atoms with Gasteiger partial charge in [-0.25, -0.2) is 12.8 Å². The Kier molecular flexibility index (Phi) is 4.31. The lowest BCUT2D eigenvalue weighted by atomic mass is 10.1. The van der Waals surface area contributed by atoms with E-state index < -0.39 is 20.8 Å². The molecular weight excluding hydrogens is 309 g/mol. The van der Waals surface area contributed by atoms with Gasteiger partial charge in [0, 0.05) is 17.3 Å². The fourth-order valence-electron chi connectivity index (χ4n) is 2.00. The van der Waals surface area contributed by atoms with Crippen molar-refractivity contribution in [3.8, 4) is 0 Å². The summed E-state index contributed by atoms with van der Waals surface area (Å²) in [7, 11) is 1.09. The topological polar surface area (TPSA) is 72.5 Å². The van der Waals surface area contributed by atoms with Crippen molar-refractivity contribution in [2.75, 3.05) is 6.61 Å². The maximum atomic E-state index is 13.8. The molecule has 1 aromatic carbocycles. The molecule has 1 fully saturated rings. The van der Waals surface area contributed by atoms with Gasteiger partial charge in [0.25, 0.3) is 15.0 Å². The number of hydrogen-bond donors (Lipinski definition) is 1. The number of carbonyl (C=O) groups is 1. The Balaban J connectivity index is 2.18. The highest BCUT2D eigenvalue weighted by molar-refractivity contribution is 8.13. The molecule has 8 heteroatoms. The van der Waals surface area contributed by atoms with Crippen molar-refractivity contribution in [3.05, 3.63) is 29.6 Å². The molecule has 1 aliphatic heterocycles. The number of amides is 1. The number of halogens is 2. The second-order valence-electron chi connectivity index (χ2n) is 4.52. The summed E-state index contributed by atoms with van der Waals surface area (Å²) < 4.78 is 41.2. The van der Waals surface area contributed by atoms with E-state index in [4.69, 9.17) is 15.4 Å². The van der Waals surface area contributed by atoms with Crippen molar-refractivity contribution >= 4 is 25.6 Å². The Hall–Kier alpha value is -1.18. The van der Waals surface area contributed by atoms with Crippen LogP contribution in [0.5, 0.6) is 0 Å². The van der Waals surface area contributed by atoms with E-state index >= 15 is 0 Å². The van der Waals surface area contributed by atoms with E-state index in [1.165, 1.54) is 0 Å². The maximum Gasteiger partial charge on any atom is 0.261 e. The predicted octanol–water partition coefficient (Wildman–Crippen LogP) is 1.66. The Morgan fingerprint density at radius 3 is 2.70 bits per heavy atom. The van der Waals surface area contributed by atoms with Crippen molar-refractivity contribution in [2.45, 2.75) is 30.4 Å². The van der Waals surface area contributed by atoms with Crippen LogP contribution in [0.3, 0.4) is 0 Å². The molecule has 0 spiro atoms. The molecule has 1 aromatic rings. The summed E-state index contributed by atoms with van der Waals surface area (Å²) in [5.41, 5.74) is -0.229. The Morgan fingerprint density at radius 1 is 1.50 bits per heavy atom. The zero-order valence-electron chi connectivity index (χ0n) is 10.6. The summed E-state index contributed by atoms with van der Waals surface area (Å²) in [6.07, 6.45) is 0.521. The first-order valence-electron chi connectivity index (χ1n) is 5.95. The van der Waals surface area contributed by atoms with Crippen LogP contribution in [-0.2, 0) is 13.8 Å². The Morgan fingerprint density at radius 2 is 2.20 bits per heavy atom. The molecule has 2 unspecified atom stereocenters. The first-order chi connectivity index (χ1) is 9.29. The maximum absolute atomic E-state index is 13.8. The molecule has 1 saturated heterocycles. The van der Waals surface area contributed by atoms with Crippen molar-refractivity contribution in [1.29, 1.82) is 0 Å². The third-order valence-corrected chi connectivity index (χ3v) is 4.51. The summed E-state index contributed by atoms with van der Waals surface area (Å²) in [6, 6.07) is 2.74. The molecule has 0 radical (unpaired) electrons. The fraction of sp³-hybridized carbons (Fsp3) is 0.417. The van der Waals surface area contributed by atoms with Crippen LogP contribution in [0.4, 0.5) is 4.39 Å². The molecule has 5 nitrogen and oxygen atoms in total. The average molecular weight is 322 g/mol. The van der Waals surface area contributed by atoms with Crippen LogP contribution in [0.25, 0.3) is 0 Å². The highest BCUT2D eigenvalue weighted by atomic mass is 35.7. The van der Waals surface area contributed by atoms with Crippen molar-refractivity contribution in [1.82, 2.24) is 5.32 Å². The minimum absolute atomic E-state index is 0.135. The number of nitrogens with one attached hydrogen (secondary N) is 1. The second kappa shape index (κ2) is 5.67. The predicted molar refractivity (Wildman–Crippen MR) is 70.7 cm³/mol. The van der Waals surface area contributed by atoms with Crippen LogP contribution < -0.4 is 5.32 Å². The summed E-state index contributed by atoms with van der Waals surface area (Å²) in [5, 5.41) is 2.66. The van der Waals surface area contributed by atoms with E-state index in [9.17, 15) is 17.6 Å². The molecule has 0 aromatic heterocycles. The number of hydrogen-bond acceptors (Lipinski definition) is 4. The first-order valence-corrected chi connectivity index (χ1v) is 8.26. The van der Waals surface area contributed by atoms with Crippen LogP contribution in [0.2, 0.25) is 0 Å². The third kappa shape index (κ3) is 3.28. The van der Waals surface area contributed by atoms with E-state index in [2.05, 4.69) is 5.32 Å². The second-order valence-corrected chi connectivity index (χ2v) is 7.09. The highest BCUT2D eigenvalue weighted by Gasteiger charge is 2.27. The van der Waals surface area contributed by atoms with Gasteiger partial charge in [0.15, 0.2) is 0 Å². The molecule has 20 heavy (non-hydrogen) atoms. The van der Waals surface area contributed by atoms with Crippen LogP contribution in [0.1, 0.15) is 23.7 Å². The summed E-state index contributed by atoms with van der Waals surface area (Å²) in [5.74, 6) is -1.54. The lowest BCUT2D eigenvalue weighted by Gasteiger charge is -2.16. The molecule has 0 saturated carbocycles. The lowest BCUT2D eigenvalue weighted by molar-refractivity contribution is 0.0862. The van der Waals surface area contributed by atoms with Gasteiger partial charge in [-0.15, -0.1) is 0 Å². The van der Waals surface area contributed by atoms with Gasteiger partial charge < -0.3 is 10.1 Å². The van der Waals surface area contributed by atoms with Gasteiger partial charge in [-0.3, -0.25) is 4.79 Å². The summed E-state index contributed by atoms with van der Waals surface area (Å²) in [6.45, 7) is 2.36. The molecule has 0 aliphatic carbocycles. The Labute approximate surface area is 120 Å². The molecule has 1 heterocycles. The largest absolute Gasteiger partial charge is 0.376 e. The number of carbonyl (C=O) groups excluding carboxylic acids is 1. The van der Waals surface area contributed by atoms with E-state index in [1.54, 1.807) is 0 Å². The lowest BCUT2D eigenvalue weighted by Crippen LogP contribution is -2.39. The van der Waals surface area contributed by atoms with Gasteiger partial charge >= 0.3 is 0 Å². The normalized spacial score (nSPS) is 22.8. The minimum Gasteiger partial charge on any atom is -0.376 e. The zero-order valence-corrected chi connectivity index (χ0v) is 12.2. The molecule has 0 bridgehead atoms. The highest BCUT2D eigenvalue weighted by Crippen LogP contribution is 2.19. The van der Waals surface area contributed by atoms with Crippen LogP contribution in [-0.4, -0.2) is 33.1 Å². The third-order valence-electron chi connectivity index (χ3n) is 3.16. The van der Waals surface area contributed by atoms with Gasteiger partial charge in [0.1, 0.15) is 5.82 Å². The monoisotopic (exact) mass is 321 g/mol. The minimum atomic E-state index is -4.02. The molecule has 2 atom stereocenters. The fourth-order valence-corrected chi connectivity index (χ4v) is 2.76. The molecular formula is C12H13ClFNO4S. The molecule has 2 rings (SSSR count). The number of rotatable bonds is 3. The van der Waals surface area contributed by atoms with E-state index in [0.717, 1.165) is 18.2 Å². The molecule has 1 N–H and O–H groups in total. The molecule has 1 amide bonds. The SMILES string of the molecule is CC1OCCC1NC(=O)c1ccc(S(=O)(=O)Cl)cc1F. The van der Waals surface area contributed by atoms with Crippen molar-refractivity contribution < 1.29 is 22.3 Å². The van der Waals surface area contributed by atoms with Crippen LogP contribution >= 0.6 is 10.7 Å². The van der Waals surface area contributed by atoms with E-state index in [0.29, 0.717) is 13.0 Å². The summed E-state index contributed by atoms with van der Waals surface area (Å²) >= 11 is 0. The number of ether oxygens (including phenoxy) is 1. The van der Waals surface area contributed by atoms with Crippen LogP contribution in [0, 0.1) is 5.82 Å². The van der Waals surface area contributed by atoms with Gasteiger partial charge in [-0.1, -0.05) is 0 Å². The molecule has 110 valence electrons. The van der Waals surface area contributed by atoms with Crippen molar-refractivity contribution in [2.24, 2.45) is 0 Å². The van der Waals surface area contributed by atoms with Gasteiger partial charge in [0.05, 0.1) is 22.6 Å². The standard InChI is InChI=1S/C12H13ClFNO4S/c1-7-11(4-5-19-7)15-12(16)9-3-2-8(6-10(9)14)20(13,17)18/h2-3,6-7,11H,4-5H2,1H3,(H,15,16). The smallest absolute Gasteiger partial charge is 0.261 e. The van der Waals surface area contributed by atoms with E-state index in [1.807, 2.05) is 6.92 Å². The quantitative estimate of drug-likeness (QED) is 0.859. The number of benzene rings is 1. The van der Waals surface area contributed by atoms with Crippen molar-refractivity contribution in [3.63, 3.8) is 0 Å². The van der Waals surface area contributed by atoms with Gasteiger partial charge in [-0.05, 0) is 31.5 Å². The van der Waals surface area contributed by atoms with Gasteiger partial charge in [0.2, 0.25) is 0 Å². The first kappa shape index (κ1) is 15.2. The van der Waals surface area contributed by atoms with E-state index in [-0.39, 0.29) is 22.6 Å². The zero-order chi connectivity index (χ0) is 14.9. The molecule has 1 aliphatic rings. The van der Waals surface area contributed by atoms with Gasteiger partial charge in [-0.2, -0.15) is 0 Å². The Bertz CT molecular complexity index is 634.